The average Bonchev–Trinajstić information content (AvgIpc) is 2.71. The molecule has 0 amide bonds. The van der Waals surface area contributed by atoms with Gasteiger partial charge in [0.2, 0.25) is 6.23 Å². The van der Waals surface area contributed by atoms with E-state index in [1.165, 1.54) is 0 Å². The highest BCUT2D eigenvalue weighted by atomic mass is 79.9. The number of hydrogen-bond donors (Lipinski definition) is 1. The number of carbonyl (C=O) groups excluding carboxylic acids is 1. The third kappa shape index (κ3) is 2.24. The molecule has 0 bridgehead atoms. The van der Waals surface area contributed by atoms with Crippen molar-refractivity contribution in [1.82, 2.24) is 0 Å². The van der Waals surface area contributed by atoms with Gasteiger partial charge in [0.15, 0.2) is 0 Å². The number of ether oxygens (including phenoxy) is 1. The highest BCUT2D eigenvalue weighted by Crippen LogP contribution is 2.32. The van der Waals surface area contributed by atoms with Gasteiger partial charge in [0.25, 0.3) is 0 Å². The number of anilines is 1. The molecule has 1 aliphatic heterocycles. The summed E-state index contributed by atoms with van der Waals surface area (Å²) in [6, 6.07) is 13.4. The van der Waals surface area contributed by atoms with Crippen molar-refractivity contribution in [1.29, 1.82) is 0 Å². The topological polar surface area (TPSA) is 38.3 Å². The average molecular weight is 318 g/mol. The molecule has 19 heavy (non-hydrogen) atoms. The third-order valence-electron chi connectivity index (χ3n) is 3.16. The lowest BCUT2D eigenvalue weighted by Crippen LogP contribution is -2.11. The van der Waals surface area contributed by atoms with Crippen LogP contribution < -0.4 is 5.32 Å². The number of hydrogen-bond acceptors (Lipinski definition) is 3. The van der Waals surface area contributed by atoms with Gasteiger partial charge in [-0.1, -0.05) is 34.1 Å². The van der Waals surface area contributed by atoms with Crippen LogP contribution in [0.1, 0.15) is 27.7 Å². The van der Waals surface area contributed by atoms with Crippen molar-refractivity contribution in [2.45, 2.75) is 13.2 Å². The van der Waals surface area contributed by atoms with E-state index in [0.29, 0.717) is 5.56 Å². The monoisotopic (exact) mass is 317 g/mol. The number of fused-ring (bicyclic) bond motifs is 1. The molecule has 0 radical (unpaired) electrons. The summed E-state index contributed by atoms with van der Waals surface area (Å²) in [6.45, 7) is 2.01. The van der Waals surface area contributed by atoms with Gasteiger partial charge in [-0.05, 0) is 36.8 Å². The predicted octanol–water partition coefficient (Wildman–Crippen LogP) is 4.04. The Kier molecular flexibility index (Phi) is 3.03. The number of benzene rings is 2. The molecule has 0 spiro atoms. The van der Waals surface area contributed by atoms with Gasteiger partial charge >= 0.3 is 5.97 Å². The molecule has 1 N–H and O–H groups in total. The first-order valence-electron chi connectivity index (χ1n) is 5.98. The van der Waals surface area contributed by atoms with Gasteiger partial charge in [-0.15, -0.1) is 0 Å². The normalized spacial score (nSPS) is 16.9. The van der Waals surface area contributed by atoms with Crippen molar-refractivity contribution in [3.05, 3.63) is 63.6 Å². The minimum absolute atomic E-state index is 0.275. The molecule has 1 heterocycles. The molecule has 1 atom stereocenters. The van der Waals surface area contributed by atoms with E-state index in [1.807, 2.05) is 43.3 Å². The Morgan fingerprint density at radius 3 is 2.79 bits per heavy atom. The van der Waals surface area contributed by atoms with E-state index in [-0.39, 0.29) is 5.97 Å². The van der Waals surface area contributed by atoms with Crippen LogP contribution in [0.3, 0.4) is 0 Å². The second-order valence-corrected chi connectivity index (χ2v) is 5.39. The van der Waals surface area contributed by atoms with Gasteiger partial charge in [0, 0.05) is 15.7 Å². The fraction of sp³-hybridized carbons (Fsp3) is 0.133. The summed E-state index contributed by atoms with van der Waals surface area (Å²) in [7, 11) is 0. The molecule has 1 aliphatic rings. The molecule has 3 rings (SSSR count). The van der Waals surface area contributed by atoms with Crippen molar-refractivity contribution in [3.63, 3.8) is 0 Å². The van der Waals surface area contributed by atoms with Crippen molar-refractivity contribution in [2.75, 3.05) is 5.32 Å². The van der Waals surface area contributed by atoms with Gasteiger partial charge in [-0.2, -0.15) is 0 Å². The molecular weight excluding hydrogens is 306 g/mol. The summed E-state index contributed by atoms with van der Waals surface area (Å²) in [4.78, 5) is 11.7. The first kappa shape index (κ1) is 12.2. The Morgan fingerprint density at radius 1 is 1.21 bits per heavy atom. The Balaban J connectivity index is 1.91. The molecule has 3 nitrogen and oxygen atoms in total. The van der Waals surface area contributed by atoms with E-state index in [2.05, 4.69) is 21.2 Å². The molecule has 2 aromatic rings. The minimum Gasteiger partial charge on any atom is -0.434 e. The zero-order valence-electron chi connectivity index (χ0n) is 10.3. The van der Waals surface area contributed by atoms with Crippen LogP contribution in [-0.2, 0) is 4.74 Å². The van der Waals surface area contributed by atoms with E-state index in [0.717, 1.165) is 21.3 Å². The van der Waals surface area contributed by atoms with Crippen molar-refractivity contribution in [2.24, 2.45) is 0 Å². The maximum Gasteiger partial charge on any atom is 0.340 e. The number of rotatable bonds is 2. The van der Waals surface area contributed by atoms with Gasteiger partial charge in [-0.3, -0.25) is 0 Å². The van der Waals surface area contributed by atoms with E-state index in [4.69, 9.17) is 4.74 Å². The molecule has 96 valence electrons. The number of esters is 1. The Hall–Kier alpha value is -1.81. The number of carbonyl (C=O) groups is 1. The Labute approximate surface area is 119 Å². The van der Waals surface area contributed by atoms with Gasteiger partial charge in [-0.25, -0.2) is 4.79 Å². The molecule has 0 unspecified atom stereocenters. The standard InChI is InChI=1S/C15H12BrNO2/c1-9-8-10(16)6-7-13(9)17-14-11-4-2-3-5-12(11)15(18)19-14/h2-8,14,17H,1H3/t14-/m0/s1. The van der Waals surface area contributed by atoms with E-state index >= 15 is 0 Å². The Bertz CT molecular complexity index is 654. The second kappa shape index (κ2) is 4.70. The van der Waals surface area contributed by atoms with E-state index in [1.54, 1.807) is 6.07 Å². The zero-order valence-corrected chi connectivity index (χ0v) is 11.9. The van der Waals surface area contributed by atoms with Gasteiger partial charge in [0.05, 0.1) is 5.56 Å². The van der Waals surface area contributed by atoms with Crippen LogP contribution in [0.15, 0.2) is 46.9 Å². The first-order valence-corrected chi connectivity index (χ1v) is 6.77. The van der Waals surface area contributed by atoms with Gasteiger partial charge < -0.3 is 10.1 Å². The predicted molar refractivity (Wildman–Crippen MR) is 77.1 cm³/mol. The van der Waals surface area contributed by atoms with E-state index < -0.39 is 6.23 Å². The summed E-state index contributed by atoms with van der Waals surface area (Å²) in [6.07, 6.45) is -0.413. The largest absolute Gasteiger partial charge is 0.434 e. The lowest BCUT2D eigenvalue weighted by molar-refractivity contribution is 0.0437. The highest BCUT2D eigenvalue weighted by Gasteiger charge is 2.30. The van der Waals surface area contributed by atoms with Crippen LogP contribution in [-0.4, -0.2) is 5.97 Å². The zero-order chi connectivity index (χ0) is 13.4. The SMILES string of the molecule is Cc1cc(Br)ccc1N[C@H]1OC(=O)c2ccccc21. The molecule has 2 aromatic carbocycles. The second-order valence-electron chi connectivity index (χ2n) is 4.48. The quantitative estimate of drug-likeness (QED) is 0.849. The summed E-state index contributed by atoms with van der Waals surface area (Å²) < 4.78 is 6.39. The maximum absolute atomic E-state index is 11.7. The molecule has 0 aromatic heterocycles. The van der Waals surface area contributed by atoms with Crippen LogP contribution in [0.4, 0.5) is 5.69 Å². The number of nitrogens with one attached hydrogen (secondary N) is 1. The summed E-state index contributed by atoms with van der Waals surface area (Å²) >= 11 is 3.43. The van der Waals surface area contributed by atoms with Crippen molar-refractivity contribution in [3.8, 4) is 0 Å². The smallest absolute Gasteiger partial charge is 0.340 e. The third-order valence-corrected chi connectivity index (χ3v) is 3.66. The molecule has 4 heteroatoms. The summed E-state index contributed by atoms with van der Waals surface area (Å²) in [5.41, 5.74) is 3.57. The lowest BCUT2D eigenvalue weighted by atomic mass is 10.1. The highest BCUT2D eigenvalue weighted by molar-refractivity contribution is 9.10. The molecule has 0 fully saturated rings. The number of cyclic esters (lactones) is 1. The molecular formula is C15H12BrNO2. The van der Waals surface area contributed by atoms with Crippen LogP contribution in [0.25, 0.3) is 0 Å². The first-order chi connectivity index (χ1) is 9.15. The van der Waals surface area contributed by atoms with Crippen LogP contribution in [0, 0.1) is 6.92 Å². The summed E-state index contributed by atoms with van der Waals surface area (Å²) in [5.74, 6) is -0.275. The van der Waals surface area contributed by atoms with Gasteiger partial charge in [0.1, 0.15) is 0 Å². The fourth-order valence-corrected chi connectivity index (χ4v) is 2.66. The fourth-order valence-electron chi connectivity index (χ4n) is 2.18. The van der Waals surface area contributed by atoms with Crippen LogP contribution in [0.5, 0.6) is 0 Å². The van der Waals surface area contributed by atoms with Crippen LogP contribution in [0.2, 0.25) is 0 Å². The van der Waals surface area contributed by atoms with Crippen molar-refractivity contribution >= 4 is 27.6 Å². The molecule has 0 aliphatic carbocycles. The minimum atomic E-state index is -0.413. The molecule has 0 saturated carbocycles. The molecule has 0 saturated heterocycles. The Morgan fingerprint density at radius 2 is 2.00 bits per heavy atom. The van der Waals surface area contributed by atoms with Crippen LogP contribution >= 0.6 is 15.9 Å². The lowest BCUT2D eigenvalue weighted by Gasteiger charge is -2.16. The summed E-state index contributed by atoms with van der Waals surface area (Å²) in [5, 5.41) is 3.26. The number of aryl methyl sites for hydroxylation is 1. The van der Waals surface area contributed by atoms with E-state index in [9.17, 15) is 4.79 Å². The van der Waals surface area contributed by atoms with Crippen molar-refractivity contribution < 1.29 is 9.53 Å². The maximum atomic E-state index is 11.7. The number of halogens is 1.